The zero-order valence-corrected chi connectivity index (χ0v) is 18.4. The maximum absolute atomic E-state index is 13.0. The third-order valence-corrected chi connectivity index (χ3v) is 7.30. The highest BCUT2D eigenvalue weighted by molar-refractivity contribution is 7.93. The predicted molar refractivity (Wildman–Crippen MR) is 116 cm³/mol. The van der Waals surface area contributed by atoms with Crippen LogP contribution in [0.2, 0.25) is 0 Å². The summed E-state index contributed by atoms with van der Waals surface area (Å²) in [6.07, 6.45) is 2.79. The number of aryl methyl sites for hydroxylation is 1. The Labute approximate surface area is 183 Å². The minimum atomic E-state index is -3.56. The number of carboxylic acids is 2. The van der Waals surface area contributed by atoms with Crippen molar-refractivity contribution in [1.82, 2.24) is 15.1 Å². The van der Waals surface area contributed by atoms with E-state index >= 15 is 0 Å². The number of nitrogens with one attached hydrogen (secondary N) is 1. The molecule has 0 aliphatic rings. The van der Waals surface area contributed by atoms with Gasteiger partial charge in [-0.25, -0.2) is 18.0 Å². The molecule has 0 aliphatic heterocycles. The molecular weight excluding hydrogens is 442 g/mol. The number of nitrogens with zero attached hydrogens (tertiary/aromatic N) is 2. The number of sulfone groups is 1. The largest absolute Gasteiger partial charge is 0.478 e. The molecule has 31 heavy (non-hydrogen) atoms. The lowest BCUT2D eigenvalue weighted by atomic mass is 10.2. The zero-order chi connectivity index (χ0) is 23.0. The van der Waals surface area contributed by atoms with E-state index in [9.17, 15) is 18.0 Å². The summed E-state index contributed by atoms with van der Waals surface area (Å²) >= 11 is 1.30. The van der Waals surface area contributed by atoms with Gasteiger partial charge in [-0.15, -0.1) is 11.3 Å². The lowest BCUT2D eigenvalue weighted by Gasteiger charge is -2.06. The summed E-state index contributed by atoms with van der Waals surface area (Å²) in [6, 6.07) is 12.3. The minimum Gasteiger partial charge on any atom is -0.478 e. The molecule has 0 spiro atoms. The van der Waals surface area contributed by atoms with Crippen molar-refractivity contribution in [2.75, 3.05) is 7.05 Å². The van der Waals surface area contributed by atoms with Gasteiger partial charge in [-0.2, -0.15) is 5.10 Å². The molecule has 2 heterocycles. The van der Waals surface area contributed by atoms with Gasteiger partial charge in [-0.3, -0.25) is 4.68 Å². The molecule has 11 heteroatoms. The molecule has 0 atom stereocenters. The quantitative estimate of drug-likeness (QED) is 0.454. The molecule has 1 aromatic carbocycles. The van der Waals surface area contributed by atoms with Gasteiger partial charge in [-0.05, 0) is 31.3 Å². The van der Waals surface area contributed by atoms with Crippen LogP contribution in [0.1, 0.15) is 4.88 Å². The maximum atomic E-state index is 13.0. The molecule has 2 aromatic heterocycles. The molecule has 0 saturated carbocycles. The first kappa shape index (κ1) is 24.0. The number of carbonyl (C=O) groups is 2. The van der Waals surface area contributed by atoms with Crippen molar-refractivity contribution in [3.8, 4) is 11.3 Å². The fourth-order valence-electron chi connectivity index (χ4n) is 2.55. The fraction of sp³-hybridized carbons (Fsp3) is 0.150. The molecule has 9 nitrogen and oxygen atoms in total. The summed E-state index contributed by atoms with van der Waals surface area (Å²) in [4.78, 5) is 20.4. The van der Waals surface area contributed by atoms with Crippen LogP contribution in [0, 0.1) is 0 Å². The second-order valence-corrected chi connectivity index (χ2v) is 9.39. The van der Waals surface area contributed by atoms with E-state index < -0.39 is 21.8 Å². The highest BCUT2D eigenvalue weighted by atomic mass is 32.2. The summed E-state index contributed by atoms with van der Waals surface area (Å²) in [7, 11) is 0.0910. The number of aromatic nitrogens is 2. The molecular formula is C20H21N3O6S2. The van der Waals surface area contributed by atoms with Crippen molar-refractivity contribution in [3.05, 3.63) is 65.7 Å². The fourth-order valence-corrected chi connectivity index (χ4v) is 5.69. The maximum Gasteiger partial charge on any atom is 0.328 e. The van der Waals surface area contributed by atoms with Gasteiger partial charge in [-0.1, -0.05) is 18.2 Å². The van der Waals surface area contributed by atoms with E-state index in [1.807, 2.05) is 32.3 Å². The van der Waals surface area contributed by atoms with E-state index in [-0.39, 0.29) is 0 Å². The van der Waals surface area contributed by atoms with E-state index in [1.165, 1.54) is 11.3 Å². The van der Waals surface area contributed by atoms with E-state index in [0.717, 1.165) is 10.6 Å². The Morgan fingerprint density at radius 2 is 1.74 bits per heavy atom. The standard InChI is InChI=1S/C16H17N3O2S2.C4H4O4/c1-17-11-12-10-14(15-8-9-18-19(15)2)16(22-12)23(20,21)13-6-4-3-5-7-13;5-3(6)1-2-4(7)8/h3-10,17H,11H2,1-2H3;1-2H,(H,5,6)(H,7,8)/b;2-1+. The number of benzene rings is 1. The van der Waals surface area contributed by atoms with E-state index in [1.54, 1.807) is 35.1 Å². The molecule has 0 fully saturated rings. The van der Waals surface area contributed by atoms with Crippen LogP contribution in [0.3, 0.4) is 0 Å². The highest BCUT2D eigenvalue weighted by Gasteiger charge is 2.26. The third-order valence-electron chi connectivity index (χ3n) is 3.86. The normalized spacial score (nSPS) is 11.2. The zero-order valence-electron chi connectivity index (χ0n) is 16.7. The van der Waals surface area contributed by atoms with E-state index in [2.05, 4.69) is 10.4 Å². The first-order valence-electron chi connectivity index (χ1n) is 8.86. The van der Waals surface area contributed by atoms with Crippen molar-refractivity contribution in [1.29, 1.82) is 0 Å². The Hall–Kier alpha value is -3.28. The summed E-state index contributed by atoms with van der Waals surface area (Å²) in [5, 5.41) is 22.8. The van der Waals surface area contributed by atoms with Gasteiger partial charge in [0, 0.05) is 42.4 Å². The van der Waals surface area contributed by atoms with Gasteiger partial charge in [0.05, 0.1) is 10.6 Å². The molecule has 0 aliphatic carbocycles. The van der Waals surface area contributed by atoms with Crippen molar-refractivity contribution < 1.29 is 28.2 Å². The molecule has 164 valence electrons. The van der Waals surface area contributed by atoms with Crippen LogP contribution in [0.25, 0.3) is 11.3 Å². The average molecular weight is 464 g/mol. The van der Waals surface area contributed by atoms with Crippen LogP contribution in [-0.4, -0.2) is 47.4 Å². The number of aliphatic carboxylic acids is 2. The number of thiophene rings is 1. The number of rotatable bonds is 7. The van der Waals surface area contributed by atoms with Gasteiger partial charge in [0.25, 0.3) is 0 Å². The first-order valence-corrected chi connectivity index (χ1v) is 11.2. The van der Waals surface area contributed by atoms with Crippen molar-refractivity contribution >= 4 is 33.1 Å². The summed E-state index contributed by atoms with van der Waals surface area (Å²) in [6.45, 7) is 0.625. The second-order valence-electron chi connectivity index (χ2n) is 6.11. The summed E-state index contributed by atoms with van der Waals surface area (Å²) in [5.41, 5.74) is 1.49. The van der Waals surface area contributed by atoms with Crippen molar-refractivity contribution in [2.24, 2.45) is 7.05 Å². The Balaban J connectivity index is 0.000000366. The van der Waals surface area contributed by atoms with E-state index in [4.69, 9.17) is 10.2 Å². The van der Waals surface area contributed by atoms with Gasteiger partial charge in [0.2, 0.25) is 9.84 Å². The molecule has 0 bridgehead atoms. The van der Waals surface area contributed by atoms with Gasteiger partial charge >= 0.3 is 11.9 Å². The molecule has 0 radical (unpaired) electrons. The smallest absolute Gasteiger partial charge is 0.328 e. The molecule has 3 aromatic rings. The van der Waals surface area contributed by atoms with Gasteiger partial charge < -0.3 is 15.5 Å². The molecule has 3 N–H and O–H groups in total. The molecule has 0 saturated heterocycles. The Morgan fingerprint density at radius 3 is 2.23 bits per heavy atom. The van der Waals surface area contributed by atoms with Crippen LogP contribution in [-0.2, 0) is 33.0 Å². The molecule has 0 amide bonds. The monoisotopic (exact) mass is 463 g/mol. The summed E-state index contributed by atoms with van der Waals surface area (Å²) < 4.78 is 28.1. The van der Waals surface area contributed by atoms with Crippen LogP contribution in [0.15, 0.2) is 69.9 Å². The highest BCUT2D eigenvalue weighted by Crippen LogP contribution is 2.38. The lowest BCUT2D eigenvalue weighted by molar-refractivity contribution is -0.134. The van der Waals surface area contributed by atoms with Crippen LogP contribution in [0.5, 0.6) is 0 Å². The van der Waals surface area contributed by atoms with Crippen LogP contribution >= 0.6 is 11.3 Å². The molecule has 3 rings (SSSR count). The van der Waals surface area contributed by atoms with E-state index in [0.29, 0.717) is 33.4 Å². The second kappa shape index (κ2) is 10.7. The minimum absolute atomic E-state index is 0.307. The van der Waals surface area contributed by atoms with Gasteiger partial charge in [0.15, 0.2) is 0 Å². The first-order chi connectivity index (χ1) is 14.7. The number of hydrogen-bond acceptors (Lipinski definition) is 7. The lowest BCUT2D eigenvalue weighted by Crippen LogP contribution is -2.02. The predicted octanol–water partition coefficient (Wildman–Crippen LogP) is 2.41. The van der Waals surface area contributed by atoms with Crippen molar-refractivity contribution in [3.63, 3.8) is 0 Å². The Morgan fingerprint density at radius 1 is 1.13 bits per heavy atom. The van der Waals surface area contributed by atoms with Crippen molar-refractivity contribution in [2.45, 2.75) is 15.6 Å². The SMILES string of the molecule is CNCc1cc(-c2ccnn2C)c(S(=O)(=O)c2ccccc2)s1.O=C(O)/C=C/C(=O)O. The number of carboxylic acid groups (broad SMARTS) is 2. The van der Waals surface area contributed by atoms with Crippen LogP contribution in [0.4, 0.5) is 0 Å². The average Bonchev–Trinajstić information content (AvgIpc) is 3.34. The molecule has 0 unspecified atom stereocenters. The topological polar surface area (TPSA) is 139 Å². The third kappa shape index (κ3) is 6.35. The number of hydrogen-bond donors (Lipinski definition) is 3. The summed E-state index contributed by atoms with van der Waals surface area (Å²) in [5.74, 6) is -2.51. The Kier molecular flexibility index (Phi) is 8.25. The van der Waals surface area contributed by atoms with Gasteiger partial charge in [0.1, 0.15) is 4.21 Å². The Bertz CT molecular complexity index is 1160. The van der Waals surface area contributed by atoms with Crippen LogP contribution < -0.4 is 5.32 Å².